The van der Waals surface area contributed by atoms with Crippen LogP contribution in [0.25, 0.3) is 0 Å². The number of sulfonamides is 1. The van der Waals surface area contributed by atoms with Crippen LogP contribution in [0.2, 0.25) is 0 Å². The lowest BCUT2D eigenvalue weighted by molar-refractivity contribution is -0.152. The van der Waals surface area contributed by atoms with Gasteiger partial charge in [0.15, 0.2) is 6.10 Å². The normalized spacial score (nSPS) is 19.2. The molecule has 6 nitrogen and oxygen atoms in total. The van der Waals surface area contributed by atoms with Gasteiger partial charge in [-0.3, -0.25) is 0 Å². The van der Waals surface area contributed by atoms with Crippen LogP contribution in [0.5, 0.6) is 0 Å². The average Bonchev–Trinajstić information content (AvgIpc) is 2.80. The molecule has 0 aromatic carbocycles. The smallest absolute Gasteiger partial charge is 0.333 e. The standard InChI is InChI=1S/C14H21NO5S2/c1-9-8-12(21-10(9)2)22(18,19)15-6-4-11(5-7-15)13(20-3)14(16)17/h8,11,13H,4-7H2,1-3H3,(H,16,17). The Hall–Kier alpha value is -0.960. The summed E-state index contributed by atoms with van der Waals surface area (Å²) in [5.74, 6) is -1.14. The van der Waals surface area contributed by atoms with Crippen molar-refractivity contribution in [1.82, 2.24) is 4.31 Å². The maximum Gasteiger partial charge on any atom is 0.333 e. The summed E-state index contributed by atoms with van der Waals surface area (Å²) >= 11 is 1.28. The van der Waals surface area contributed by atoms with Crippen LogP contribution in [-0.4, -0.2) is 50.1 Å². The van der Waals surface area contributed by atoms with Crippen LogP contribution in [-0.2, 0) is 19.6 Å². The molecule has 0 spiro atoms. The number of methoxy groups -OCH3 is 1. The van der Waals surface area contributed by atoms with Crippen molar-refractivity contribution in [2.24, 2.45) is 5.92 Å². The molecule has 1 saturated heterocycles. The maximum absolute atomic E-state index is 12.6. The Morgan fingerprint density at radius 1 is 1.41 bits per heavy atom. The van der Waals surface area contributed by atoms with E-state index in [9.17, 15) is 13.2 Å². The minimum absolute atomic E-state index is 0.152. The quantitative estimate of drug-likeness (QED) is 0.879. The van der Waals surface area contributed by atoms with Crippen molar-refractivity contribution in [3.63, 3.8) is 0 Å². The molecule has 22 heavy (non-hydrogen) atoms. The molecule has 1 N–H and O–H groups in total. The SMILES string of the molecule is COC(C(=O)O)C1CCN(S(=O)(=O)c2cc(C)c(C)s2)CC1. The lowest BCUT2D eigenvalue weighted by atomic mass is 9.92. The highest BCUT2D eigenvalue weighted by Gasteiger charge is 2.36. The van der Waals surface area contributed by atoms with Crippen LogP contribution in [0.15, 0.2) is 10.3 Å². The maximum atomic E-state index is 12.6. The number of hydrogen-bond donors (Lipinski definition) is 1. The molecular formula is C14H21NO5S2. The van der Waals surface area contributed by atoms with Gasteiger partial charge in [0.25, 0.3) is 10.0 Å². The first kappa shape index (κ1) is 17.4. The molecule has 1 aliphatic rings. The van der Waals surface area contributed by atoms with E-state index in [1.807, 2.05) is 13.8 Å². The van der Waals surface area contributed by atoms with E-state index in [0.717, 1.165) is 10.4 Å². The van der Waals surface area contributed by atoms with E-state index in [2.05, 4.69) is 0 Å². The van der Waals surface area contributed by atoms with Gasteiger partial charge in [0.05, 0.1) is 0 Å². The van der Waals surface area contributed by atoms with Crippen LogP contribution in [0, 0.1) is 19.8 Å². The van der Waals surface area contributed by atoms with E-state index >= 15 is 0 Å². The number of aliphatic carboxylic acids is 1. The predicted molar refractivity (Wildman–Crippen MR) is 83.7 cm³/mol. The molecule has 0 aliphatic carbocycles. The first-order valence-corrected chi connectivity index (χ1v) is 9.35. The van der Waals surface area contributed by atoms with Gasteiger partial charge in [0, 0.05) is 25.1 Å². The van der Waals surface area contributed by atoms with E-state index in [1.54, 1.807) is 6.07 Å². The number of aryl methyl sites for hydroxylation is 2. The fourth-order valence-electron chi connectivity index (χ4n) is 2.71. The summed E-state index contributed by atoms with van der Waals surface area (Å²) in [5.41, 5.74) is 0.976. The first-order chi connectivity index (χ1) is 10.3. The molecule has 1 aromatic rings. The van der Waals surface area contributed by atoms with Crippen LogP contribution in [0.4, 0.5) is 0 Å². The number of nitrogens with zero attached hydrogens (tertiary/aromatic N) is 1. The summed E-state index contributed by atoms with van der Waals surface area (Å²) in [7, 11) is -2.10. The predicted octanol–water partition coefficient (Wildman–Crippen LogP) is 1.87. The Morgan fingerprint density at radius 2 is 2.00 bits per heavy atom. The Morgan fingerprint density at radius 3 is 2.41 bits per heavy atom. The molecule has 0 radical (unpaired) electrons. The second-order valence-electron chi connectivity index (χ2n) is 5.54. The van der Waals surface area contributed by atoms with Crippen molar-refractivity contribution in [2.45, 2.75) is 37.0 Å². The van der Waals surface area contributed by atoms with Crippen molar-refractivity contribution in [1.29, 1.82) is 0 Å². The molecule has 124 valence electrons. The van der Waals surface area contributed by atoms with Gasteiger partial charge < -0.3 is 9.84 Å². The molecule has 0 saturated carbocycles. The highest BCUT2D eigenvalue weighted by atomic mass is 32.2. The lowest BCUT2D eigenvalue weighted by Crippen LogP contribution is -2.43. The lowest BCUT2D eigenvalue weighted by Gasteiger charge is -2.33. The Bertz CT molecular complexity index is 625. The van der Waals surface area contributed by atoms with Gasteiger partial charge in [-0.25, -0.2) is 13.2 Å². The number of carboxylic acids is 1. The number of rotatable bonds is 5. The Kier molecular flexibility index (Phi) is 5.26. The largest absolute Gasteiger partial charge is 0.479 e. The number of carboxylic acid groups (broad SMARTS) is 1. The fourth-order valence-corrected chi connectivity index (χ4v) is 5.85. The zero-order valence-electron chi connectivity index (χ0n) is 12.9. The van der Waals surface area contributed by atoms with Gasteiger partial charge in [-0.05, 0) is 44.2 Å². The highest BCUT2D eigenvalue weighted by Crippen LogP contribution is 2.31. The molecule has 1 aliphatic heterocycles. The second-order valence-corrected chi connectivity index (χ2v) is 8.96. The number of hydrogen-bond acceptors (Lipinski definition) is 5. The van der Waals surface area contributed by atoms with E-state index in [4.69, 9.17) is 9.84 Å². The zero-order chi connectivity index (χ0) is 16.5. The van der Waals surface area contributed by atoms with Crippen LogP contribution in [0.3, 0.4) is 0 Å². The second kappa shape index (κ2) is 6.66. The van der Waals surface area contributed by atoms with E-state index in [0.29, 0.717) is 30.1 Å². The van der Waals surface area contributed by atoms with Gasteiger partial charge >= 0.3 is 5.97 Å². The minimum atomic E-state index is -3.48. The molecule has 0 bridgehead atoms. The summed E-state index contributed by atoms with van der Waals surface area (Å²) in [6.07, 6.45) is 0.122. The highest BCUT2D eigenvalue weighted by molar-refractivity contribution is 7.91. The van der Waals surface area contributed by atoms with Crippen molar-refractivity contribution in [3.8, 4) is 0 Å². The third kappa shape index (κ3) is 3.34. The topological polar surface area (TPSA) is 83.9 Å². The Labute approximate surface area is 134 Å². The molecule has 1 aromatic heterocycles. The monoisotopic (exact) mass is 347 g/mol. The fraction of sp³-hybridized carbons (Fsp3) is 0.643. The van der Waals surface area contributed by atoms with Gasteiger partial charge in [0.1, 0.15) is 4.21 Å². The third-order valence-electron chi connectivity index (χ3n) is 4.16. The van der Waals surface area contributed by atoms with Crippen LogP contribution in [0.1, 0.15) is 23.3 Å². The molecule has 1 unspecified atom stereocenters. The summed E-state index contributed by atoms with van der Waals surface area (Å²) in [4.78, 5) is 12.1. The van der Waals surface area contributed by atoms with Crippen LogP contribution < -0.4 is 0 Å². The van der Waals surface area contributed by atoms with E-state index < -0.39 is 22.1 Å². The van der Waals surface area contributed by atoms with Crippen LogP contribution >= 0.6 is 11.3 Å². The summed E-state index contributed by atoms with van der Waals surface area (Å²) < 4.78 is 32.1. The van der Waals surface area contributed by atoms with Gasteiger partial charge in [0.2, 0.25) is 0 Å². The van der Waals surface area contributed by atoms with Crippen molar-refractivity contribution in [3.05, 3.63) is 16.5 Å². The minimum Gasteiger partial charge on any atom is -0.479 e. The van der Waals surface area contributed by atoms with E-state index in [-0.39, 0.29) is 5.92 Å². The summed E-state index contributed by atoms with van der Waals surface area (Å²) in [6, 6.07) is 1.70. The number of thiophene rings is 1. The number of ether oxygens (including phenoxy) is 1. The third-order valence-corrected chi connectivity index (χ3v) is 7.66. The zero-order valence-corrected chi connectivity index (χ0v) is 14.5. The van der Waals surface area contributed by atoms with Crippen molar-refractivity contribution >= 4 is 27.3 Å². The first-order valence-electron chi connectivity index (χ1n) is 7.10. The van der Waals surface area contributed by atoms with Crippen molar-refractivity contribution < 1.29 is 23.1 Å². The van der Waals surface area contributed by atoms with Gasteiger partial charge in [-0.1, -0.05) is 0 Å². The summed E-state index contributed by atoms with van der Waals surface area (Å²) in [5, 5.41) is 9.11. The van der Waals surface area contributed by atoms with E-state index in [1.165, 1.54) is 22.8 Å². The number of carbonyl (C=O) groups is 1. The molecule has 1 atom stereocenters. The van der Waals surface area contributed by atoms with Gasteiger partial charge in [-0.2, -0.15) is 4.31 Å². The molecule has 8 heteroatoms. The molecule has 1 fully saturated rings. The molecule has 0 amide bonds. The molecular weight excluding hydrogens is 326 g/mol. The molecule has 2 rings (SSSR count). The van der Waals surface area contributed by atoms with Crippen molar-refractivity contribution in [2.75, 3.05) is 20.2 Å². The Balaban J connectivity index is 2.09. The molecule has 2 heterocycles. The van der Waals surface area contributed by atoms with Gasteiger partial charge in [-0.15, -0.1) is 11.3 Å². The average molecular weight is 347 g/mol. The number of piperidine rings is 1. The summed E-state index contributed by atoms with van der Waals surface area (Å²) in [6.45, 7) is 4.46.